The van der Waals surface area contributed by atoms with Crippen molar-refractivity contribution in [3.05, 3.63) is 65.7 Å². The average Bonchev–Trinajstić information content (AvgIpc) is 3.07. The van der Waals surface area contributed by atoms with Crippen molar-refractivity contribution in [1.82, 2.24) is 10.2 Å². The number of hydrogen-bond donors (Lipinski definition) is 2. The minimum absolute atomic E-state index is 0.266. The minimum Gasteiger partial charge on any atom is -0.355 e. The number of anilines is 3. The molecule has 0 saturated carbocycles. The minimum atomic E-state index is -0.266. The first-order chi connectivity index (χ1) is 15.1. The summed E-state index contributed by atoms with van der Waals surface area (Å²) in [6.45, 7) is 6.19. The van der Waals surface area contributed by atoms with E-state index in [9.17, 15) is 4.79 Å². The molecule has 0 spiro atoms. The molecule has 1 aromatic heterocycles. The summed E-state index contributed by atoms with van der Waals surface area (Å²) in [6.07, 6.45) is 5.03. The van der Waals surface area contributed by atoms with E-state index in [-0.39, 0.29) is 6.03 Å². The Kier molecular flexibility index (Phi) is 6.46. The highest BCUT2D eigenvalue weighted by molar-refractivity contribution is 5.99. The summed E-state index contributed by atoms with van der Waals surface area (Å²) >= 11 is 0. The monoisotopic (exact) mass is 415 g/mol. The smallest absolute Gasteiger partial charge is 0.323 e. The van der Waals surface area contributed by atoms with E-state index in [4.69, 9.17) is 0 Å². The van der Waals surface area contributed by atoms with Gasteiger partial charge in [0.2, 0.25) is 0 Å². The lowest BCUT2D eigenvalue weighted by Gasteiger charge is -2.20. The summed E-state index contributed by atoms with van der Waals surface area (Å²) < 4.78 is 0. The first-order valence-electron chi connectivity index (χ1n) is 10.9. The largest absolute Gasteiger partial charge is 0.355 e. The molecule has 0 atom stereocenters. The predicted molar refractivity (Wildman–Crippen MR) is 127 cm³/mol. The molecule has 1 fully saturated rings. The van der Waals surface area contributed by atoms with Crippen molar-refractivity contribution in [2.45, 2.75) is 39.5 Å². The first kappa shape index (κ1) is 20.8. The summed E-state index contributed by atoms with van der Waals surface area (Å²) in [5, 5.41) is 14.6. The highest BCUT2D eigenvalue weighted by Crippen LogP contribution is 2.22. The van der Waals surface area contributed by atoms with Crippen LogP contribution in [-0.2, 0) is 0 Å². The Hall–Kier alpha value is -3.41. The molecule has 160 valence electrons. The fourth-order valence-corrected chi connectivity index (χ4v) is 3.78. The molecule has 2 heterocycles. The maximum Gasteiger partial charge on any atom is 0.323 e. The number of rotatable bonds is 4. The van der Waals surface area contributed by atoms with Crippen molar-refractivity contribution in [3.8, 4) is 11.3 Å². The van der Waals surface area contributed by atoms with Crippen molar-refractivity contribution in [3.63, 3.8) is 0 Å². The Morgan fingerprint density at radius 3 is 2.10 bits per heavy atom. The van der Waals surface area contributed by atoms with Gasteiger partial charge in [0.05, 0.1) is 5.69 Å². The van der Waals surface area contributed by atoms with Crippen LogP contribution < -0.4 is 15.5 Å². The summed E-state index contributed by atoms with van der Waals surface area (Å²) in [5.41, 5.74) is 5.63. The highest BCUT2D eigenvalue weighted by Gasteiger charge is 2.12. The third kappa shape index (κ3) is 5.40. The molecule has 2 amide bonds. The number of carbonyl (C=O) groups is 1. The molecule has 6 heteroatoms. The van der Waals surface area contributed by atoms with Gasteiger partial charge in [-0.1, -0.05) is 31.0 Å². The second kappa shape index (κ2) is 9.60. The van der Waals surface area contributed by atoms with E-state index in [1.807, 2.05) is 62.4 Å². The fraction of sp³-hybridized carbons (Fsp3) is 0.320. The zero-order valence-corrected chi connectivity index (χ0v) is 18.2. The van der Waals surface area contributed by atoms with Gasteiger partial charge in [0, 0.05) is 30.0 Å². The van der Waals surface area contributed by atoms with E-state index in [1.165, 1.54) is 31.2 Å². The van der Waals surface area contributed by atoms with Crippen LogP contribution in [0.25, 0.3) is 11.3 Å². The summed E-state index contributed by atoms with van der Waals surface area (Å²) in [6, 6.07) is 17.3. The molecular weight excluding hydrogens is 386 g/mol. The third-order valence-electron chi connectivity index (χ3n) is 5.78. The van der Waals surface area contributed by atoms with Gasteiger partial charge in [-0.25, -0.2) is 4.79 Å². The Morgan fingerprint density at radius 2 is 1.45 bits per heavy atom. The van der Waals surface area contributed by atoms with Gasteiger partial charge in [-0.2, -0.15) is 0 Å². The van der Waals surface area contributed by atoms with Crippen LogP contribution in [0.2, 0.25) is 0 Å². The molecule has 4 rings (SSSR count). The quantitative estimate of drug-likeness (QED) is 0.566. The van der Waals surface area contributed by atoms with Crippen LogP contribution in [0, 0.1) is 13.8 Å². The maximum absolute atomic E-state index is 12.3. The van der Waals surface area contributed by atoms with Gasteiger partial charge in [0.25, 0.3) is 0 Å². The number of nitrogens with one attached hydrogen (secondary N) is 2. The number of aryl methyl sites for hydroxylation is 2. The normalized spacial score (nSPS) is 14.1. The van der Waals surface area contributed by atoms with Gasteiger partial charge in [-0.15, -0.1) is 10.2 Å². The second-order valence-corrected chi connectivity index (χ2v) is 8.13. The molecule has 2 aromatic carbocycles. The van der Waals surface area contributed by atoms with Crippen LogP contribution in [0.4, 0.5) is 22.0 Å². The van der Waals surface area contributed by atoms with Crippen LogP contribution in [-0.4, -0.2) is 29.3 Å². The van der Waals surface area contributed by atoms with Crippen LogP contribution >= 0.6 is 0 Å². The number of hydrogen-bond acceptors (Lipinski definition) is 4. The molecule has 0 radical (unpaired) electrons. The zero-order chi connectivity index (χ0) is 21.6. The highest BCUT2D eigenvalue weighted by atomic mass is 16.2. The van der Waals surface area contributed by atoms with E-state index in [1.54, 1.807) is 0 Å². The van der Waals surface area contributed by atoms with Crippen LogP contribution in [0.1, 0.15) is 36.8 Å². The Balaban J connectivity index is 1.37. The molecule has 2 N–H and O–H groups in total. The maximum atomic E-state index is 12.3. The van der Waals surface area contributed by atoms with E-state index >= 15 is 0 Å². The molecular formula is C25H29N5O. The number of benzene rings is 2. The standard InChI is InChI=1S/C25H29N5O/c1-18-7-10-22(17-19(18)2)27-25(31)26-21-11-8-20(9-12-21)23-13-14-24(29-28-23)30-15-5-3-4-6-16-30/h7-14,17H,3-6,15-16H2,1-2H3,(H2,26,27,31). The van der Waals surface area contributed by atoms with Crippen LogP contribution in [0.5, 0.6) is 0 Å². The zero-order valence-electron chi connectivity index (χ0n) is 18.2. The number of aromatic nitrogens is 2. The second-order valence-electron chi connectivity index (χ2n) is 8.13. The molecule has 1 saturated heterocycles. The number of carbonyl (C=O) groups excluding carboxylic acids is 1. The molecule has 0 aliphatic carbocycles. The Bertz CT molecular complexity index is 1020. The third-order valence-corrected chi connectivity index (χ3v) is 5.78. The van der Waals surface area contributed by atoms with Gasteiger partial charge in [0.15, 0.2) is 5.82 Å². The number of amides is 2. The summed E-state index contributed by atoms with van der Waals surface area (Å²) in [4.78, 5) is 14.6. The van der Waals surface area contributed by atoms with Gasteiger partial charge >= 0.3 is 6.03 Å². The van der Waals surface area contributed by atoms with Crippen LogP contribution in [0.3, 0.4) is 0 Å². The van der Waals surface area contributed by atoms with Gasteiger partial charge < -0.3 is 15.5 Å². The van der Waals surface area contributed by atoms with Crippen molar-refractivity contribution in [1.29, 1.82) is 0 Å². The lowest BCUT2D eigenvalue weighted by Crippen LogP contribution is -2.25. The lowest BCUT2D eigenvalue weighted by atomic mass is 10.1. The van der Waals surface area contributed by atoms with Gasteiger partial charge in [0.1, 0.15) is 0 Å². The molecule has 1 aliphatic rings. The van der Waals surface area contributed by atoms with E-state index < -0.39 is 0 Å². The van der Waals surface area contributed by atoms with Crippen molar-refractivity contribution in [2.75, 3.05) is 28.6 Å². The topological polar surface area (TPSA) is 70.2 Å². The van der Waals surface area contributed by atoms with E-state index in [0.717, 1.165) is 47.1 Å². The summed E-state index contributed by atoms with van der Waals surface area (Å²) in [5.74, 6) is 0.951. The van der Waals surface area contributed by atoms with Gasteiger partial charge in [-0.05, 0) is 74.2 Å². The van der Waals surface area contributed by atoms with E-state index in [0.29, 0.717) is 0 Å². The predicted octanol–water partition coefficient (Wildman–Crippen LogP) is 5.78. The molecule has 0 bridgehead atoms. The first-order valence-corrected chi connectivity index (χ1v) is 10.9. The fourth-order valence-electron chi connectivity index (χ4n) is 3.78. The molecule has 3 aromatic rings. The summed E-state index contributed by atoms with van der Waals surface area (Å²) in [7, 11) is 0. The molecule has 0 unspecified atom stereocenters. The lowest BCUT2D eigenvalue weighted by molar-refractivity contribution is 0.262. The Morgan fingerprint density at radius 1 is 0.774 bits per heavy atom. The average molecular weight is 416 g/mol. The van der Waals surface area contributed by atoms with Crippen molar-refractivity contribution >= 4 is 23.2 Å². The van der Waals surface area contributed by atoms with Gasteiger partial charge in [-0.3, -0.25) is 0 Å². The SMILES string of the molecule is Cc1ccc(NC(=O)Nc2ccc(-c3ccc(N4CCCCCC4)nn3)cc2)cc1C. The Labute approximate surface area is 183 Å². The van der Waals surface area contributed by atoms with Crippen molar-refractivity contribution in [2.24, 2.45) is 0 Å². The molecule has 31 heavy (non-hydrogen) atoms. The van der Waals surface area contributed by atoms with Crippen molar-refractivity contribution < 1.29 is 4.79 Å². The number of nitrogens with zero attached hydrogens (tertiary/aromatic N) is 3. The van der Waals surface area contributed by atoms with E-state index in [2.05, 4.69) is 31.8 Å². The molecule has 1 aliphatic heterocycles. The van der Waals surface area contributed by atoms with Crippen LogP contribution in [0.15, 0.2) is 54.6 Å². The number of urea groups is 1. The molecule has 6 nitrogen and oxygen atoms in total.